The van der Waals surface area contributed by atoms with Gasteiger partial charge < -0.3 is 0 Å². The summed E-state index contributed by atoms with van der Waals surface area (Å²) in [6, 6.07) is 18.6. The predicted octanol–water partition coefficient (Wildman–Crippen LogP) is 4.09. The van der Waals surface area contributed by atoms with Crippen molar-refractivity contribution in [1.82, 2.24) is 15.2 Å². The minimum absolute atomic E-state index is 0.778. The van der Waals surface area contributed by atoms with Crippen LogP contribution in [0.4, 0.5) is 0 Å². The Bertz CT molecular complexity index is 907. The van der Waals surface area contributed by atoms with Gasteiger partial charge in [0.2, 0.25) is 0 Å². The van der Waals surface area contributed by atoms with Crippen molar-refractivity contribution in [2.24, 2.45) is 0 Å². The number of nitrogens with zero attached hydrogens (tertiary/aromatic N) is 2. The first-order valence-corrected chi connectivity index (χ1v) is 6.63. The van der Waals surface area contributed by atoms with Gasteiger partial charge in [-0.25, -0.2) is 4.98 Å². The molecule has 0 bridgehead atoms. The lowest BCUT2D eigenvalue weighted by Crippen LogP contribution is -1.88. The summed E-state index contributed by atoms with van der Waals surface area (Å²) in [6.45, 7) is 2.04. The molecule has 4 aromatic rings. The number of hydrogen-bond acceptors (Lipinski definition) is 2. The van der Waals surface area contributed by atoms with Gasteiger partial charge in [-0.3, -0.25) is 5.10 Å². The molecule has 3 nitrogen and oxygen atoms in total. The Kier molecular flexibility index (Phi) is 2.33. The third kappa shape index (κ3) is 1.53. The molecule has 0 aliphatic rings. The zero-order valence-corrected chi connectivity index (χ0v) is 11.1. The van der Waals surface area contributed by atoms with Crippen LogP contribution < -0.4 is 0 Å². The summed E-state index contributed by atoms with van der Waals surface area (Å²) < 4.78 is 0. The molecule has 0 fully saturated rings. The normalized spacial score (nSPS) is 11.2. The molecule has 0 radical (unpaired) electrons. The van der Waals surface area contributed by atoms with Gasteiger partial charge in [-0.05, 0) is 18.6 Å². The Hall–Kier alpha value is -2.68. The smallest absolute Gasteiger partial charge is 0.182 e. The Morgan fingerprint density at radius 2 is 1.65 bits per heavy atom. The number of hydrogen-bond donors (Lipinski definition) is 1. The largest absolute Gasteiger partial charge is 0.280 e. The first-order chi connectivity index (χ1) is 9.84. The maximum absolute atomic E-state index is 4.64. The highest BCUT2D eigenvalue weighted by molar-refractivity contribution is 6.09. The third-order valence-corrected chi connectivity index (χ3v) is 3.64. The lowest BCUT2D eigenvalue weighted by molar-refractivity contribution is 1.06. The van der Waals surface area contributed by atoms with E-state index in [4.69, 9.17) is 0 Å². The van der Waals surface area contributed by atoms with Crippen LogP contribution in [0.2, 0.25) is 0 Å². The van der Waals surface area contributed by atoms with Crippen LogP contribution in [-0.4, -0.2) is 15.2 Å². The second-order valence-corrected chi connectivity index (χ2v) is 4.92. The van der Waals surface area contributed by atoms with Gasteiger partial charge in [0.1, 0.15) is 0 Å². The number of aromatic nitrogens is 3. The number of fused-ring (bicyclic) bond motifs is 2. The van der Waals surface area contributed by atoms with Crippen LogP contribution in [0, 0.1) is 6.92 Å². The molecule has 0 atom stereocenters. The van der Waals surface area contributed by atoms with E-state index < -0.39 is 0 Å². The van der Waals surface area contributed by atoms with Crippen LogP contribution in [0.1, 0.15) is 5.69 Å². The van der Waals surface area contributed by atoms with E-state index in [1.807, 2.05) is 25.1 Å². The minimum Gasteiger partial charge on any atom is -0.280 e. The number of aryl methyl sites for hydroxylation is 1. The SMILES string of the molecule is Cc1[nH]nc2nc3ccccc3c(-c3ccccc3)c12. The van der Waals surface area contributed by atoms with Crippen molar-refractivity contribution in [3.05, 3.63) is 60.3 Å². The first kappa shape index (κ1) is 11.2. The number of H-pyrrole nitrogens is 1. The van der Waals surface area contributed by atoms with Crippen molar-refractivity contribution < 1.29 is 0 Å². The Morgan fingerprint density at radius 3 is 2.50 bits per heavy atom. The van der Waals surface area contributed by atoms with E-state index in [1.54, 1.807) is 0 Å². The van der Waals surface area contributed by atoms with E-state index in [0.717, 1.165) is 27.6 Å². The maximum atomic E-state index is 4.64. The molecule has 0 unspecified atom stereocenters. The summed E-state index contributed by atoms with van der Waals surface area (Å²) in [5, 5.41) is 9.64. The molecular formula is C17H13N3. The molecule has 2 heterocycles. The Balaban J connectivity index is 2.26. The summed E-state index contributed by atoms with van der Waals surface area (Å²) >= 11 is 0. The Morgan fingerprint density at radius 1 is 0.900 bits per heavy atom. The Labute approximate surface area is 116 Å². The van der Waals surface area contributed by atoms with Crippen LogP contribution >= 0.6 is 0 Å². The summed E-state index contributed by atoms with van der Waals surface area (Å²) in [5.41, 5.74) is 5.21. The molecule has 96 valence electrons. The van der Waals surface area contributed by atoms with Gasteiger partial charge in [-0.15, -0.1) is 0 Å². The van der Waals surface area contributed by atoms with E-state index in [1.165, 1.54) is 11.1 Å². The zero-order valence-electron chi connectivity index (χ0n) is 11.1. The molecule has 0 saturated heterocycles. The molecule has 2 aromatic heterocycles. The lowest BCUT2D eigenvalue weighted by atomic mass is 9.97. The van der Waals surface area contributed by atoms with Crippen LogP contribution in [0.3, 0.4) is 0 Å². The van der Waals surface area contributed by atoms with Gasteiger partial charge in [-0.2, -0.15) is 5.10 Å². The van der Waals surface area contributed by atoms with Crippen molar-refractivity contribution in [1.29, 1.82) is 0 Å². The average Bonchev–Trinajstić information content (AvgIpc) is 2.87. The fourth-order valence-electron chi connectivity index (χ4n) is 2.73. The quantitative estimate of drug-likeness (QED) is 0.559. The van der Waals surface area contributed by atoms with Gasteiger partial charge in [-0.1, -0.05) is 48.5 Å². The molecule has 2 aromatic carbocycles. The summed E-state index contributed by atoms with van der Waals surface area (Å²) in [7, 11) is 0. The van der Waals surface area contributed by atoms with E-state index >= 15 is 0 Å². The molecule has 0 amide bonds. The first-order valence-electron chi connectivity index (χ1n) is 6.63. The number of rotatable bonds is 1. The monoisotopic (exact) mass is 259 g/mol. The van der Waals surface area contributed by atoms with E-state index in [0.29, 0.717) is 0 Å². The standard InChI is InChI=1S/C17H13N3/c1-11-15-16(12-7-3-2-4-8-12)13-9-5-6-10-14(13)18-17(15)20-19-11/h2-10H,1H3,(H,18,19,20). The van der Waals surface area contributed by atoms with E-state index in [9.17, 15) is 0 Å². The summed E-state index contributed by atoms with van der Waals surface area (Å²) in [6.07, 6.45) is 0. The second kappa shape index (κ2) is 4.17. The topological polar surface area (TPSA) is 41.6 Å². The molecule has 0 spiro atoms. The van der Waals surface area contributed by atoms with Crippen molar-refractivity contribution in [2.75, 3.05) is 0 Å². The molecule has 1 N–H and O–H groups in total. The highest BCUT2D eigenvalue weighted by Gasteiger charge is 2.14. The number of benzene rings is 2. The van der Waals surface area contributed by atoms with E-state index in [2.05, 4.69) is 51.6 Å². The molecule has 0 saturated carbocycles. The van der Waals surface area contributed by atoms with Gasteiger partial charge >= 0.3 is 0 Å². The van der Waals surface area contributed by atoms with Gasteiger partial charge in [0.15, 0.2) is 5.65 Å². The minimum atomic E-state index is 0.778. The fourth-order valence-corrected chi connectivity index (χ4v) is 2.73. The van der Waals surface area contributed by atoms with Crippen LogP contribution in [0.5, 0.6) is 0 Å². The number of para-hydroxylation sites is 1. The van der Waals surface area contributed by atoms with Gasteiger partial charge in [0.25, 0.3) is 0 Å². The fraction of sp³-hybridized carbons (Fsp3) is 0.0588. The van der Waals surface area contributed by atoms with Crippen molar-refractivity contribution >= 4 is 21.9 Å². The highest BCUT2D eigenvalue weighted by Crippen LogP contribution is 2.35. The van der Waals surface area contributed by atoms with Crippen molar-refractivity contribution in [2.45, 2.75) is 6.92 Å². The summed E-state index contributed by atoms with van der Waals surface area (Å²) in [5.74, 6) is 0. The third-order valence-electron chi connectivity index (χ3n) is 3.64. The molecule has 20 heavy (non-hydrogen) atoms. The van der Waals surface area contributed by atoms with Crippen molar-refractivity contribution in [3.63, 3.8) is 0 Å². The molecule has 0 aliphatic carbocycles. The van der Waals surface area contributed by atoms with Crippen molar-refractivity contribution in [3.8, 4) is 11.1 Å². The molecular weight excluding hydrogens is 246 g/mol. The molecule has 3 heteroatoms. The van der Waals surface area contributed by atoms with Crippen LogP contribution in [0.15, 0.2) is 54.6 Å². The van der Waals surface area contributed by atoms with Gasteiger partial charge in [0.05, 0.1) is 10.9 Å². The maximum Gasteiger partial charge on any atom is 0.182 e. The highest BCUT2D eigenvalue weighted by atomic mass is 15.1. The molecule has 4 rings (SSSR count). The van der Waals surface area contributed by atoms with Crippen LogP contribution in [-0.2, 0) is 0 Å². The lowest BCUT2D eigenvalue weighted by Gasteiger charge is -2.08. The zero-order chi connectivity index (χ0) is 13.5. The van der Waals surface area contributed by atoms with E-state index in [-0.39, 0.29) is 0 Å². The van der Waals surface area contributed by atoms with Gasteiger partial charge in [0, 0.05) is 16.6 Å². The molecule has 0 aliphatic heterocycles. The van der Waals surface area contributed by atoms with Crippen LogP contribution in [0.25, 0.3) is 33.1 Å². The number of nitrogens with one attached hydrogen (secondary N) is 1. The predicted molar refractivity (Wildman–Crippen MR) is 81.6 cm³/mol. The second-order valence-electron chi connectivity index (χ2n) is 4.92. The number of pyridine rings is 1. The number of aromatic amines is 1. The average molecular weight is 259 g/mol. The summed E-state index contributed by atoms with van der Waals surface area (Å²) in [4.78, 5) is 4.64.